The van der Waals surface area contributed by atoms with Crippen LogP contribution in [-0.4, -0.2) is 10.1 Å². The summed E-state index contributed by atoms with van der Waals surface area (Å²) in [7, 11) is 0. The Morgan fingerprint density at radius 3 is 2.79 bits per heavy atom. The summed E-state index contributed by atoms with van der Waals surface area (Å²) < 4.78 is 24.9. The van der Waals surface area contributed by atoms with Gasteiger partial charge >= 0.3 is 0 Å². The second-order valence-corrected chi connectivity index (χ2v) is 3.31. The van der Waals surface area contributed by atoms with Crippen LogP contribution in [0, 0.1) is 11.3 Å². The normalized spacial score (nSPS) is 10.2. The van der Waals surface area contributed by atoms with Crippen LogP contribution >= 0.6 is 15.9 Å². The molecule has 0 atom stereocenters. The van der Waals surface area contributed by atoms with Gasteiger partial charge in [-0.05, 0) is 15.9 Å². The van der Waals surface area contributed by atoms with E-state index >= 15 is 0 Å². The van der Waals surface area contributed by atoms with Crippen LogP contribution in [0.4, 0.5) is 8.78 Å². The molecule has 1 aromatic heterocycles. The molecule has 0 saturated carbocycles. The Bertz CT molecular complexity index is 390. The first kappa shape index (κ1) is 10.9. The topological polar surface area (TPSA) is 56.9 Å². The lowest BCUT2D eigenvalue weighted by Gasteiger charge is -2.07. The second kappa shape index (κ2) is 4.33. The van der Waals surface area contributed by atoms with E-state index in [9.17, 15) is 13.9 Å². The van der Waals surface area contributed by atoms with Gasteiger partial charge in [-0.3, -0.25) is 4.98 Å². The van der Waals surface area contributed by atoms with Gasteiger partial charge in [-0.25, -0.2) is 8.78 Å². The predicted octanol–water partition coefficient (Wildman–Crippen LogP) is 2.55. The molecule has 0 aliphatic heterocycles. The van der Waals surface area contributed by atoms with Gasteiger partial charge in [0, 0.05) is 16.2 Å². The highest BCUT2D eigenvalue weighted by Crippen LogP contribution is 2.33. The molecule has 6 heteroatoms. The van der Waals surface area contributed by atoms with Gasteiger partial charge in [0.25, 0.3) is 6.43 Å². The molecule has 1 N–H and O–H groups in total. The van der Waals surface area contributed by atoms with Gasteiger partial charge in [-0.2, -0.15) is 5.26 Å². The molecule has 3 nitrogen and oxygen atoms in total. The van der Waals surface area contributed by atoms with Crippen molar-refractivity contribution in [3.05, 3.63) is 21.9 Å². The fourth-order valence-electron chi connectivity index (χ4n) is 0.940. The van der Waals surface area contributed by atoms with Gasteiger partial charge in [-0.1, -0.05) is 0 Å². The summed E-state index contributed by atoms with van der Waals surface area (Å²) in [6.07, 6.45) is -1.84. The minimum Gasteiger partial charge on any atom is -0.505 e. The molecule has 0 aliphatic carbocycles. The SMILES string of the molecule is N#CCc1c(Br)cnc(C(F)F)c1O. The van der Waals surface area contributed by atoms with E-state index in [1.165, 1.54) is 0 Å². The molecule has 1 heterocycles. The van der Waals surface area contributed by atoms with Crippen molar-refractivity contribution >= 4 is 15.9 Å². The Morgan fingerprint density at radius 2 is 2.29 bits per heavy atom. The number of hydrogen-bond acceptors (Lipinski definition) is 3. The van der Waals surface area contributed by atoms with Gasteiger partial charge < -0.3 is 5.11 Å². The highest BCUT2D eigenvalue weighted by molar-refractivity contribution is 9.10. The number of aromatic hydroxyl groups is 1. The number of rotatable bonds is 2. The van der Waals surface area contributed by atoms with Crippen molar-refractivity contribution in [2.75, 3.05) is 0 Å². The summed E-state index contributed by atoms with van der Waals surface area (Å²) in [6, 6.07) is 1.77. The van der Waals surface area contributed by atoms with Gasteiger partial charge in [0.2, 0.25) is 0 Å². The number of halogens is 3. The Hall–Kier alpha value is -1.22. The molecule has 0 amide bonds. The Balaban J connectivity index is 3.27. The zero-order valence-corrected chi connectivity index (χ0v) is 8.42. The largest absolute Gasteiger partial charge is 0.505 e. The van der Waals surface area contributed by atoms with E-state index in [2.05, 4.69) is 20.9 Å². The van der Waals surface area contributed by atoms with Crippen LogP contribution in [-0.2, 0) is 6.42 Å². The van der Waals surface area contributed by atoms with Crippen molar-refractivity contribution in [3.8, 4) is 11.8 Å². The molecular formula is C8H5BrF2N2O. The number of nitriles is 1. The lowest BCUT2D eigenvalue weighted by molar-refractivity contribution is 0.141. The van der Waals surface area contributed by atoms with Gasteiger partial charge in [-0.15, -0.1) is 0 Å². The van der Waals surface area contributed by atoms with Crippen LogP contribution in [0.2, 0.25) is 0 Å². The van der Waals surface area contributed by atoms with Gasteiger partial charge in [0.05, 0.1) is 12.5 Å². The summed E-state index contributed by atoms with van der Waals surface area (Å²) in [6.45, 7) is 0. The fourth-order valence-corrected chi connectivity index (χ4v) is 1.37. The monoisotopic (exact) mass is 262 g/mol. The maximum absolute atomic E-state index is 12.3. The average Bonchev–Trinajstić information content (AvgIpc) is 2.11. The van der Waals surface area contributed by atoms with Gasteiger partial charge in [0.15, 0.2) is 0 Å². The number of hydrogen-bond donors (Lipinski definition) is 1. The third kappa shape index (κ3) is 1.99. The molecule has 14 heavy (non-hydrogen) atoms. The summed E-state index contributed by atoms with van der Waals surface area (Å²) >= 11 is 3.01. The van der Waals surface area contributed by atoms with Crippen LogP contribution in [0.5, 0.6) is 5.75 Å². The molecule has 0 fully saturated rings. The highest BCUT2D eigenvalue weighted by atomic mass is 79.9. The lowest BCUT2D eigenvalue weighted by atomic mass is 10.1. The van der Waals surface area contributed by atoms with Crippen molar-refractivity contribution in [2.24, 2.45) is 0 Å². The summed E-state index contributed by atoms with van der Waals surface area (Å²) in [5.41, 5.74) is -0.559. The van der Waals surface area contributed by atoms with Gasteiger partial charge in [0.1, 0.15) is 11.4 Å². The molecule has 0 saturated heterocycles. The Morgan fingerprint density at radius 1 is 1.64 bits per heavy atom. The Labute approximate surface area is 87.1 Å². The second-order valence-electron chi connectivity index (χ2n) is 2.45. The van der Waals surface area contributed by atoms with Crippen LogP contribution in [0.25, 0.3) is 0 Å². The van der Waals surface area contributed by atoms with E-state index in [1.807, 2.05) is 0 Å². The molecule has 0 radical (unpaired) electrons. The maximum Gasteiger partial charge on any atom is 0.284 e. The quantitative estimate of drug-likeness (QED) is 0.891. The van der Waals surface area contributed by atoms with Crippen LogP contribution in [0.15, 0.2) is 10.7 Å². The summed E-state index contributed by atoms with van der Waals surface area (Å²) in [5.74, 6) is -0.615. The minimum absolute atomic E-state index is 0.137. The number of pyridine rings is 1. The number of alkyl halides is 2. The van der Waals surface area contributed by atoms with E-state index in [4.69, 9.17) is 5.26 Å². The minimum atomic E-state index is -2.85. The van der Waals surface area contributed by atoms with E-state index in [-0.39, 0.29) is 12.0 Å². The van der Waals surface area contributed by atoms with E-state index in [0.29, 0.717) is 4.47 Å². The molecular weight excluding hydrogens is 258 g/mol. The number of aromatic nitrogens is 1. The Kier molecular flexibility index (Phi) is 3.36. The smallest absolute Gasteiger partial charge is 0.284 e. The first-order valence-electron chi connectivity index (χ1n) is 3.59. The van der Waals surface area contributed by atoms with Crippen molar-refractivity contribution in [3.63, 3.8) is 0 Å². The van der Waals surface area contributed by atoms with Crippen molar-refractivity contribution in [1.82, 2.24) is 4.98 Å². The first-order chi connectivity index (χ1) is 6.57. The zero-order chi connectivity index (χ0) is 10.7. The van der Waals surface area contributed by atoms with E-state index < -0.39 is 17.9 Å². The number of nitrogens with zero attached hydrogens (tertiary/aromatic N) is 2. The molecule has 0 unspecified atom stereocenters. The van der Waals surface area contributed by atoms with E-state index in [1.54, 1.807) is 6.07 Å². The predicted molar refractivity (Wildman–Crippen MR) is 47.9 cm³/mol. The maximum atomic E-state index is 12.3. The van der Waals surface area contributed by atoms with Crippen LogP contribution in [0.3, 0.4) is 0 Å². The molecule has 1 rings (SSSR count). The molecule has 0 bridgehead atoms. The van der Waals surface area contributed by atoms with Crippen molar-refractivity contribution < 1.29 is 13.9 Å². The van der Waals surface area contributed by atoms with Crippen molar-refractivity contribution in [2.45, 2.75) is 12.8 Å². The summed E-state index contributed by atoms with van der Waals surface area (Å²) in [5, 5.41) is 17.8. The molecule has 0 aliphatic rings. The first-order valence-corrected chi connectivity index (χ1v) is 4.38. The lowest BCUT2D eigenvalue weighted by Crippen LogP contribution is -1.96. The molecule has 0 spiro atoms. The zero-order valence-electron chi connectivity index (χ0n) is 6.84. The molecule has 74 valence electrons. The van der Waals surface area contributed by atoms with Crippen molar-refractivity contribution in [1.29, 1.82) is 5.26 Å². The van der Waals surface area contributed by atoms with Crippen LogP contribution < -0.4 is 0 Å². The fraction of sp³-hybridized carbons (Fsp3) is 0.250. The molecule has 1 aromatic rings. The summed E-state index contributed by atoms with van der Waals surface area (Å²) in [4.78, 5) is 3.36. The third-order valence-electron chi connectivity index (χ3n) is 1.60. The van der Waals surface area contributed by atoms with E-state index in [0.717, 1.165) is 6.20 Å². The molecule has 0 aromatic carbocycles. The highest BCUT2D eigenvalue weighted by Gasteiger charge is 2.19. The van der Waals surface area contributed by atoms with Crippen LogP contribution in [0.1, 0.15) is 17.7 Å². The standard InChI is InChI=1S/C8H5BrF2N2O/c9-5-3-13-6(8(10)11)7(14)4(5)1-2-12/h3,8,14H,1H2. The third-order valence-corrected chi connectivity index (χ3v) is 2.28. The average molecular weight is 263 g/mol.